The van der Waals surface area contributed by atoms with Crippen molar-refractivity contribution in [3.8, 4) is 0 Å². The Bertz CT molecular complexity index is 594. The molecule has 0 aliphatic heterocycles. The Morgan fingerprint density at radius 2 is 0.596 bits per heavy atom. The van der Waals surface area contributed by atoms with Crippen LogP contribution in [0.4, 0.5) is 0 Å². The molecule has 0 spiro atoms. The molecule has 0 N–H and O–H groups in total. The van der Waals surface area contributed by atoms with Crippen LogP contribution in [0.15, 0.2) is 0 Å². The number of carbonyl (C=O) groups excluding carboxylic acids is 1. The molecule has 47 heavy (non-hydrogen) atoms. The predicted octanol–water partition coefficient (Wildman–Crippen LogP) is 2.70. The maximum absolute atomic E-state index is 11.5. The summed E-state index contributed by atoms with van der Waals surface area (Å²) in [5.41, 5.74) is 0. The molecule has 0 atom stereocenters. The highest BCUT2D eigenvalue weighted by atomic mass is 79.9. The summed E-state index contributed by atoms with van der Waals surface area (Å²) in [6, 6.07) is 0. The van der Waals surface area contributed by atoms with Crippen LogP contribution in [0, 0.1) is 0 Å². The van der Waals surface area contributed by atoms with Gasteiger partial charge >= 0.3 is 5.97 Å². The normalized spacial score (nSPS) is 11.4. The van der Waals surface area contributed by atoms with E-state index in [1.54, 1.807) is 0 Å². The van der Waals surface area contributed by atoms with E-state index >= 15 is 0 Å². The van der Waals surface area contributed by atoms with E-state index in [2.05, 4.69) is 22.9 Å². The lowest BCUT2D eigenvalue weighted by Crippen LogP contribution is -2.15. The van der Waals surface area contributed by atoms with Crippen LogP contribution in [-0.4, -0.2) is 176 Å². The van der Waals surface area contributed by atoms with E-state index in [0.717, 1.165) is 24.6 Å². The molecule has 0 radical (unpaired) electrons. The average Bonchev–Trinajstić information content (AvgIpc) is 3.08. The molecule has 0 saturated heterocycles. The third-order valence-corrected chi connectivity index (χ3v) is 6.11. The zero-order valence-electron chi connectivity index (χ0n) is 28.8. The number of halogens is 1. The maximum Gasteiger partial charge on any atom is 0.305 e. The molecule has 0 aliphatic carbocycles. The second-order valence-corrected chi connectivity index (χ2v) is 10.5. The lowest BCUT2D eigenvalue weighted by Gasteiger charge is -2.09. The van der Waals surface area contributed by atoms with Crippen LogP contribution in [-0.2, 0) is 66.4 Å². The van der Waals surface area contributed by atoms with Crippen molar-refractivity contribution in [2.45, 2.75) is 32.6 Å². The number of hydrogen-bond acceptors (Lipinski definition) is 14. The summed E-state index contributed by atoms with van der Waals surface area (Å²) in [5, 5.41) is 0.835. The van der Waals surface area contributed by atoms with Gasteiger partial charge in [0.05, 0.1) is 159 Å². The molecule has 15 heteroatoms. The fraction of sp³-hybridized carbons (Fsp3) is 0.969. The van der Waals surface area contributed by atoms with Gasteiger partial charge in [-0.1, -0.05) is 35.7 Å². The summed E-state index contributed by atoms with van der Waals surface area (Å²) >= 11 is 3.30. The second kappa shape index (κ2) is 43.5. The van der Waals surface area contributed by atoms with E-state index in [0.29, 0.717) is 165 Å². The summed E-state index contributed by atoms with van der Waals surface area (Å²) in [5.74, 6) is -0.160. The molecule has 282 valence electrons. The minimum absolute atomic E-state index is 0.160. The van der Waals surface area contributed by atoms with E-state index in [1.165, 1.54) is 0 Å². The van der Waals surface area contributed by atoms with Crippen LogP contribution >= 0.6 is 15.9 Å². The first-order valence-corrected chi connectivity index (χ1v) is 18.1. The summed E-state index contributed by atoms with van der Waals surface area (Å²) in [7, 11) is 0. The van der Waals surface area contributed by atoms with E-state index in [1.807, 2.05) is 0 Å². The minimum Gasteiger partial charge on any atom is -0.463 e. The van der Waals surface area contributed by atoms with Crippen LogP contribution < -0.4 is 0 Å². The first-order chi connectivity index (χ1) is 23.3. The Labute approximate surface area is 291 Å². The number of esters is 1. The highest BCUT2D eigenvalue weighted by Gasteiger charge is 2.02. The van der Waals surface area contributed by atoms with Crippen LogP contribution in [0.5, 0.6) is 0 Å². The molecule has 0 heterocycles. The molecule has 0 aromatic rings. The van der Waals surface area contributed by atoms with Crippen molar-refractivity contribution < 1.29 is 66.4 Å². The van der Waals surface area contributed by atoms with Gasteiger partial charge in [0.2, 0.25) is 0 Å². The van der Waals surface area contributed by atoms with Gasteiger partial charge < -0.3 is 61.6 Å². The number of unbranched alkanes of at least 4 members (excludes halogenated alkanes) is 2. The zero-order valence-corrected chi connectivity index (χ0v) is 30.4. The van der Waals surface area contributed by atoms with Crippen LogP contribution in [0.3, 0.4) is 0 Å². The summed E-state index contributed by atoms with van der Waals surface area (Å²) in [4.78, 5) is 11.5. The summed E-state index contributed by atoms with van der Waals surface area (Å²) < 4.78 is 70.3. The quantitative estimate of drug-likeness (QED) is 0.0514. The predicted molar refractivity (Wildman–Crippen MR) is 179 cm³/mol. The Balaban J connectivity index is 3.07. The average molecular weight is 752 g/mol. The molecule has 0 aliphatic rings. The first kappa shape index (κ1) is 46.5. The SMILES string of the molecule is CCCCCC(=O)OCCOCCOCCOCCOCCOCCOCCOCCOCCOCCOCCOCCOCCBr. The van der Waals surface area contributed by atoms with Crippen molar-refractivity contribution in [2.24, 2.45) is 0 Å². The zero-order chi connectivity index (χ0) is 34.0. The highest BCUT2D eigenvalue weighted by molar-refractivity contribution is 9.09. The van der Waals surface area contributed by atoms with Crippen molar-refractivity contribution in [1.82, 2.24) is 0 Å². The van der Waals surface area contributed by atoms with Crippen LogP contribution in [0.25, 0.3) is 0 Å². The number of alkyl halides is 1. The lowest BCUT2D eigenvalue weighted by atomic mass is 10.2. The third-order valence-electron chi connectivity index (χ3n) is 5.79. The van der Waals surface area contributed by atoms with Gasteiger partial charge in [0.25, 0.3) is 0 Å². The van der Waals surface area contributed by atoms with E-state index in [4.69, 9.17) is 61.6 Å². The molecule has 0 aromatic carbocycles. The minimum atomic E-state index is -0.160. The van der Waals surface area contributed by atoms with Gasteiger partial charge in [0.15, 0.2) is 0 Å². The highest BCUT2D eigenvalue weighted by Crippen LogP contribution is 2.00. The van der Waals surface area contributed by atoms with Crippen molar-refractivity contribution in [3.63, 3.8) is 0 Å². The molecule has 0 aromatic heterocycles. The molecule has 0 rings (SSSR count). The fourth-order valence-corrected chi connectivity index (χ4v) is 3.61. The van der Waals surface area contributed by atoms with Crippen molar-refractivity contribution in [2.75, 3.05) is 171 Å². The van der Waals surface area contributed by atoms with Gasteiger partial charge in [-0.15, -0.1) is 0 Å². The van der Waals surface area contributed by atoms with Gasteiger partial charge in [0.1, 0.15) is 6.61 Å². The molecule has 0 saturated carbocycles. The summed E-state index contributed by atoms with van der Waals surface area (Å²) in [6.45, 7) is 14.7. The summed E-state index contributed by atoms with van der Waals surface area (Å²) in [6.07, 6.45) is 3.49. The van der Waals surface area contributed by atoms with Crippen LogP contribution in [0.1, 0.15) is 32.6 Å². The van der Waals surface area contributed by atoms with Gasteiger partial charge in [-0.05, 0) is 6.42 Å². The standard InChI is InChI=1S/C32H63BrO14/c1-2-3-4-5-32(34)47-31-30-46-29-28-45-27-26-44-25-24-43-23-22-42-21-20-41-19-18-40-17-16-39-15-14-38-13-12-37-11-10-36-9-8-35-7-6-33/h2-31H2,1H3. The first-order valence-electron chi connectivity index (χ1n) is 17.0. The monoisotopic (exact) mass is 750 g/mol. The molecule has 0 fully saturated rings. The second-order valence-electron chi connectivity index (χ2n) is 9.72. The number of carbonyl (C=O) groups is 1. The number of ether oxygens (including phenoxy) is 13. The molecular formula is C32H63BrO14. The molecular weight excluding hydrogens is 688 g/mol. The van der Waals surface area contributed by atoms with Gasteiger partial charge in [-0.25, -0.2) is 0 Å². The molecule has 0 bridgehead atoms. The largest absolute Gasteiger partial charge is 0.463 e. The van der Waals surface area contributed by atoms with E-state index < -0.39 is 0 Å². The van der Waals surface area contributed by atoms with Gasteiger partial charge in [-0.3, -0.25) is 4.79 Å². The van der Waals surface area contributed by atoms with Gasteiger partial charge in [-0.2, -0.15) is 0 Å². The van der Waals surface area contributed by atoms with E-state index in [9.17, 15) is 4.79 Å². The van der Waals surface area contributed by atoms with Crippen molar-refractivity contribution in [3.05, 3.63) is 0 Å². The smallest absolute Gasteiger partial charge is 0.305 e. The Kier molecular flexibility index (Phi) is 43.0. The third kappa shape index (κ3) is 43.4. The topological polar surface area (TPSA) is 137 Å². The molecule has 14 nitrogen and oxygen atoms in total. The van der Waals surface area contributed by atoms with Crippen LogP contribution in [0.2, 0.25) is 0 Å². The fourth-order valence-electron chi connectivity index (χ4n) is 3.38. The Morgan fingerprint density at radius 1 is 0.362 bits per heavy atom. The molecule has 0 unspecified atom stereocenters. The number of hydrogen-bond donors (Lipinski definition) is 0. The van der Waals surface area contributed by atoms with Gasteiger partial charge in [0, 0.05) is 11.8 Å². The Hall–Kier alpha value is -0.530. The molecule has 0 amide bonds. The van der Waals surface area contributed by atoms with E-state index in [-0.39, 0.29) is 12.6 Å². The Morgan fingerprint density at radius 3 is 0.830 bits per heavy atom. The maximum atomic E-state index is 11.5. The lowest BCUT2D eigenvalue weighted by molar-refractivity contribution is -0.145. The van der Waals surface area contributed by atoms with Crippen molar-refractivity contribution >= 4 is 21.9 Å². The van der Waals surface area contributed by atoms with Crippen molar-refractivity contribution in [1.29, 1.82) is 0 Å². The number of rotatable bonds is 42.